The summed E-state index contributed by atoms with van der Waals surface area (Å²) in [5.41, 5.74) is 3.88. The Labute approximate surface area is 164 Å². The standard InChI is InChI=1S/C21H27N3O4/c25-15-18(19-7-4-6-13-22-19)16-9-11-17(12-10-16)21(27)23-14-5-2-1-3-8-20(26)24-28/h4,6-7,9-13,18,25,28H,1-3,5,8,14-15H2,(H,23,27)(H,24,26). The molecule has 0 fully saturated rings. The Morgan fingerprint density at radius 2 is 1.75 bits per heavy atom. The molecule has 0 aliphatic carbocycles. The Kier molecular flexibility index (Phi) is 9.10. The van der Waals surface area contributed by atoms with Crippen molar-refractivity contribution in [3.05, 3.63) is 65.5 Å². The van der Waals surface area contributed by atoms with Gasteiger partial charge in [-0.2, -0.15) is 0 Å². The van der Waals surface area contributed by atoms with Gasteiger partial charge in [0.1, 0.15) is 0 Å². The number of hydrogen-bond acceptors (Lipinski definition) is 5. The molecule has 1 aromatic carbocycles. The predicted octanol–water partition coefficient (Wildman–Crippen LogP) is 2.39. The number of amides is 2. The Morgan fingerprint density at radius 3 is 2.39 bits per heavy atom. The highest BCUT2D eigenvalue weighted by atomic mass is 16.5. The average Bonchev–Trinajstić information content (AvgIpc) is 2.74. The summed E-state index contributed by atoms with van der Waals surface area (Å²) in [5.74, 6) is -0.723. The van der Waals surface area contributed by atoms with E-state index in [1.165, 1.54) is 0 Å². The van der Waals surface area contributed by atoms with E-state index in [1.807, 2.05) is 30.3 Å². The van der Waals surface area contributed by atoms with Gasteiger partial charge in [0.2, 0.25) is 5.91 Å². The number of aliphatic hydroxyl groups excluding tert-OH is 1. The van der Waals surface area contributed by atoms with E-state index in [-0.39, 0.29) is 24.3 Å². The van der Waals surface area contributed by atoms with Crippen molar-refractivity contribution in [1.82, 2.24) is 15.8 Å². The van der Waals surface area contributed by atoms with Gasteiger partial charge in [0.25, 0.3) is 5.91 Å². The normalized spacial score (nSPS) is 11.6. The lowest BCUT2D eigenvalue weighted by Crippen LogP contribution is -2.24. The largest absolute Gasteiger partial charge is 0.395 e. The number of carbonyl (C=O) groups is 2. The molecular weight excluding hydrogens is 358 g/mol. The molecule has 7 heteroatoms. The number of hydroxylamine groups is 1. The van der Waals surface area contributed by atoms with Gasteiger partial charge in [-0.05, 0) is 42.7 Å². The van der Waals surface area contributed by atoms with Crippen LogP contribution in [0.25, 0.3) is 0 Å². The molecule has 28 heavy (non-hydrogen) atoms. The van der Waals surface area contributed by atoms with Gasteiger partial charge in [0, 0.05) is 30.6 Å². The van der Waals surface area contributed by atoms with E-state index in [0.29, 0.717) is 24.9 Å². The van der Waals surface area contributed by atoms with Crippen molar-refractivity contribution in [3.63, 3.8) is 0 Å². The lowest BCUT2D eigenvalue weighted by atomic mass is 9.95. The van der Waals surface area contributed by atoms with Gasteiger partial charge in [0.05, 0.1) is 12.3 Å². The number of nitrogens with zero attached hydrogens (tertiary/aromatic N) is 1. The summed E-state index contributed by atoms with van der Waals surface area (Å²) in [5, 5.41) is 21.0. The fourth-order valence-corrected chi connectivity index (χ4v) is 2.94. The molecule has 1 unspecified atom stereocenters. The lowest BCUT2D eigenvalue weighted by Gasteiger charge is -2.14. The van der Waals surface area contributed by atoms with E-state index < -0.39 is 0 Å². The second kappa shape index (κ2) is 11.8. The summed E-state index contributed by atoms with van der Waals surface area (Å²) in [6.45, 7) is 0.516. The van der Waals surface area contributed by atoms with Crippen LogP contribution in [0.5, 0.6) is 0 Å². The molecule has 2 aromatic rings. The van der Waals surface area contributed by atoms with Crippen LogP contribution < -0.4 is 10.8 Å². The molecule has 0 aliphatic rings. The van der Waals surface area contributed by atoms with Crippen molar-refractivity contribution in [2.75, 3.05) is 13.2 Å². The predicted molar refractivity (Wildman–Crippen MR) is 105 cm³/mol. The van der Waals surface area contributed by atoms with Crippen molar-refractivity contribution in [2.45, 2.75) is 38.0 Å². The number of hydrogen-bond donors (Lipinski definition) is 4. The molecule has 0 aliphatic heterocycles. The fraction of sp³-hybridized carbons (Fsp3) is 0.381. The molecule has 2 amide bonds. The third-order valence-electron chi connectivity index (χ3n) is 4.54. The highest BCUT2D eigenvalue weighted by Crippen LogP contribution is 2.22. The fourth-order valence-electron chi connectivity index (χ4n) is 2.94. The van der Waals surface area contributed by atoms with Crippen molar-refractivity contribution in [2.24, 2.45) is 0 Å². The van der Waals surface area contributed by atoms with Gasteiger partial charge in [-0.1, -0.05) is 31.0 Å². The van der Waals surface area contributed by atoms with Gasteiger partial charge in [-0.15, -0.1) is 0 Å². The smallest absolute Gasteiger partial charge is 0.251 e. The third kappa shape index (κ3) is 6.75. The van der Waals surface area contributed by atoms with Crippen LogP contribution in [0.1, 0.15) is 59.6 Å². The molecule has 1 heterocycles. The minimum Gasteiger partial charge on any atom is -0.395 e. The quantitative estimate of drug-likeness (QED) is 0.270. The molecule has 1 aromatic heterocycles. The minimum atomic E-state index is -0.372. The number of pyridine rings is 1. The molecule has 0 bridgehead atoms. The zero-order valence-corrected chi connectivity index (χ0v) is 15.8. The summed E-state index contributed by atoms with van der Waals surface area (Å²) >= 11 is 0. The molecular formula is C21H27N3O4. The van der Waals surface area contributed by atoms with Crippen molar-refractivity contribution < 1.29 is 19.9 Å². The lowest BCUT2D eigenvalue weighted by molar-refractivity contribution is -0.129. The van der Waals surface area contributed by atoms with Gasteiger partial charge >= 0.3 is 0 Å². The third-order valence-corrected chi connectivity index (χ3v) is 4.54. The molecule has 0 saturated heterocycles. The first kappa shape index (κ1) is 21.5. The Hall–Kier alpha value is -2.77. The number of benzene rings is 1. The Morgan fingerprint density at radius 1 is 1.00 bits per heavy atom. The molecule has 150 valence electrons. The summed E-state index contributed by atoms with van der Waals surface area (Å²) in [4.78, 5) is 27.4. The molecule has 1 atom stereocenters. The first-order chi connectivity index (χ1) is 13.7. The topological polar surface area (TPSA) is 112 Å². The van der Waals surface area contributed by atoms with Crippen LogP contribution in [0.3, 0.4) is 0 Å². The second-order valence-electron chi connectivity index (χ2n) is 6.57. The highest BCUT2D eigenvalue weighted by molar-refractivity contribution is 5.94. The molecule has 7 nitrogen and oxygen atoms in total. The number of nitrogens with one attached hydrogen (secondary N) is 2. The molecule has 4 N–H and O–H groups in total. The van der Waals surface area contributed by atoms with Crippen LogP contribution in [-0.4, -0.2) is 40.3 Å². The van der Waals surface area contributed by atoms with Crippen LogP contribution in [0.4, 0.5) is 0 Å². The zero-order valence-electron chi connectivity index (χ0n) is 15.8. The van der Waals surface area contributed by atoms with Crippen molar-refractivity contribution in [1.29, 1.82) is 0 Å². The maximum Gasteiger partial charge on any atom is 0.251 e. The number of carbonyl (C=O) groups excluding carboxylic acids is 2. The van der Waals surface area contributed by atoms with Crippen LogP contribution >= 0.6 is 0 Å². The summed E-state index contributed by atoms with van der Waals surface area (Å²) < 4.78 is 0. The summed E-state index contributed by atoms with van der Waals surface area (Å²) in [7, 11) is 0. The zero-order chi connectivity index (χ0) is 20.2. The monoisotopic (exact) mass is 385 g/mol. The maximum atomic E-state index is 12.2. The van der Waals surface area contributed by atoms with E-state index in [1.54, 1.807) is 23.8 Å². The Balaban J connectivity index is 1.76. The number of rotatable bonds is 11. The minimum absolute atomic E-state index is 0.0531. The van der Waals surface area contributed by atoms with Crippen molar-refractivity contribution >= 4 is 11.8 Å². The van der Waals surface area contributed by atoms with Gasteiger partial charge in [0.15, 0.2) is 0 Å². The van der Waals surface area contributed by atoms with E-state index in [0.717, 1.165) is 30.5 Å². The van der Waals surface area contributed by atoms with Crippen LogP contribution in [0, 0.1) is 0 Å². The average molecular weight is 385 g/mol. The van der Waals surface area contributed by atoms with Crippen LogP contribution in [0.15, 0.2) is 48.7 Å². The SMILES string of the molecule is O=C(CCCCCCNC(=O)c1ccc(C(CO)c2ccccn2)cc1)NO. The number of aliphatic hydroxyl groups is 1. The Bertz CT molecular complexity index is 735. The first-order valence-corrected chi connectivity index (χ1v) is 9.48. The number of unbranched alkanes of at least 4 members (excludes halogenated alkanes) is 3. The van der Waals surface area contributed by atoms with Gasteiger partial charge in [-0.25, -0.2) is 5.48 Å². The van der Waals surface area contributed by atoms with E-state index in [9.17, 15) is 14.7 Å². The molecule has 2 rings (SSSR count). The van der Waals surface area contributed by atoms with E-state index in [4.69, 9.17) is 5.21 Å². The second-order valence-corrected chi connectivity index (χ2v) is 6.57. The highest BCUT2D eigenvalue weighted by Gasteiger charge is 2.15. The van der Waals surface area contributed by atoms with Crippen molar-refractivity contribution in [3.8, 4) is 0 Å². The van der Waals surface area contributed by atoms with E-state index in [2.05, 4.69) is 10.3 Å². The van der Waals surface area contributed by atoms with Gasteiger partial charge < -0.3 is 10.4 Å². The maximum absolute atomic E-state index is 12.2. The molecule has 0 spiro atoms. The van der Waals surface area contributed by atoms with E-state index >= 15 is 0 Å². The first-order valence-electron chi connectivity index (χ1n) is 9.48. The molecule has 0 saturated carbocycles. The van der Waals surface area contributed by atoms with Crippen LogP contribution in [0.2, 0.25) is 0 Å². The number of aromatic nitrogens is 1. The molecule has 0 radical (unpaired) electrons. The summed E-state index contributed by atoms with van der Waals surface area (Å²) in [6.07, 6.45) is 5.32. The van der Waals surface area contributed by atoms with Gasteiger partial charge in [-0.3, -0.25) is 19.8 Å². The van der Waals surface area contributed by atoms with Crippen LogP contribution in [-0.2, 0) is 4.79 Å². The summed E-state index contributed by atoms with van der Waals surface area (Å²) in [6, 6.07) is 12.8.